The molecule has 0 saturated carbocycles. The maximum Gasteiger partial charge on any atom is 0.475 e. The predicted octanol–water partition coefficient (Wildman–Crippen LogP) is 4.03. The fraction of sp³-hybridized carbons (Fsp3) is 0.619. The molecular weight excluding hydrogens is 473 g/mol. The number of rotatable bonds is 7. The largest absolute Gasteiger partial charge is 0.475 e. The van der Waals surface area contributed by atoms with Gasteiger partial charge in [0.2, 0.25) is 0 Å². The van der Waals surface area contributed by atoms with Gasteiger partial charge in [0, 0.05) is 23.5 Å². The van der Waals surface area contributed by atoms with E-state index >= 15 is 0 Å². The summed E-state index contributed by atoms with van der Waals surface area (Å²) in [5.74, 6) is -0.762. The van der Waals surface area contributed by atoms with E-state index in [9.17, 15) is 9.36 Å². The van der Waals surface area contributed by atoms with Gasteiger partial charge in [0.1, 0.15) is 22.7 Å². The number of carbonyl (C=O) groups is 1. The molecule has 0 bridgehead atoms. The molecule has 2 fully saturated rings. The van der Waals surface area contributed by atoms with Gasteiger partial charge >= 0.3 is 13.8 Å². The monoisotopic (exact) mass is 501 g/mol. The highest BCUT2D eigenvalue weighted by atomic mass is 35.5. The van der Waals surface area contributed by atoms with E-state index in [0.29, 0.717) is 17.8 Å². The summed E-state index contributed by atoms with van der Waals surface area (Å²) in [5.41, 5.74) is 7.25. The molecule has 0 radical (unpaired) electrons. The van der Waals surface area contributed by atoms with Crippen LogP contribution in [-0.4, -0.2) is 51.9 Å². The summed E-state index contributed by atoms with van der Waals surface area (Å²) in [6.07, 6.45) is 1.53. The lowest BCUT2D eigenvalue weighted by Gasteiger charge is -2.34. The quantitative estimate of drug-likeness (QED) is 0.340. The second-order valence-corrected chi connectivity index (χ2v) is 11.3. The van der Waals surface area contributed by atoms with E-state index < -0.39 is 37.1 Å². The van der Waals surface area contributed by atoms with E-state index in [1.165, 1.54) is 0 Å². The minimum Gasteiger partial charge on any atom is -0.463 e. The molecule has 0 aliphatic carbocycles. The molecular formula is C21H29ClN3O7P. The van der Waals surface area contributed by atoms with Crippen molar-refractivity contribution in [1.29, 1.82) is 0 Å². The Balaban J connectivity index is 1.43. The third-order valence-electron chi connectivity index (χ3n) is 5.78. The van der Waals surface area contributed by atoms with Gasteiger partial charge in [-0.05, 0) is 39.3 Å². The number of phosphoric acid groups is 1. The Morgan fingerprint density at radius 3 is 2.91 bits per heavy atom. The number of ether oxygens (including phenoxy) is 2. The lowest BCUT2D eigenvalue weighted by molar-refractivity contribution is -0.152. The van der Waals surface area contributed by atoms with Crippen molar-refractivity contribution in [2.45, 2.75) is 63.5 Å². The fourth-order valence-corrected chi connectivity index (χ4v) is 5.88. The second-order valence-electron chi connectivity index (χ2n) is 8.82. The van der Waals surface area contributed by atoms with Gasteiger partial charge in [0.15, 0.2) is 6.23 Å². The number of halogens is 1. The van der Waals surface area contributed by atoms with Crippen LogP contribution in [0.25, 0.3) is 11.0 Å². The molecule has 2 aromatic heterocycles. The summed E-state index contributed by atoms with van der Waals surface area (Å²) in [7, 11) is -3.90. The van der Waals surface area contributed by atoms with E-state index in [1.807, 2.05) is 6.07 Å². The number of hydrogen-bond donors (Lipinski definition) is 1. The maximum atomic E-state index is 13.1. The average Bonchev–Trinajstić information content (AvgIpc) is 3.27. The number of nitrogens with zero attached hydrogens (tertiary/aromatic N) is 2. The number of phosphoric ester groups is 1. The first kappa shape index (κ1) is 24.4. The number of pyridine rings is 1. The minimum atomic E-state index is -3.90. The first-order valence-corrected chi connectivity index (χ1v) is 12.7. The molecule has 2 N–H and O–H groups in total. The number of alkyl halides is 1. The molecule has 4 heterocycles. The molecule has 12 heteroatoms. The topological polar surface area (TPSA) is 124 Å². The van der Waals surface area contributed by atoms with Gasteiger partial charge in [0.05, 0.1) is 25.2 Å². The highest BCUT2D eigenvalue weighted by Gasteiger charge is 2.60. The fourth-order valence-electron chi connectivity index (χ4n) is 3.99. The first-order chi connectivity index (χ1) is 15.5. The van der Waals surface area contributed by atoms with E-state index in [2.05, 4.69) is 4.98 Å². The van der Waals surface area contributed by atoms with Crippen LogP contribution in [0, 0.1) is 5.92 Å². The molecule has 2 saturated heterocycles. The maximum absolute atomic E-state index is 13.1. The van der Waals surface area contributed by atoms with Gasteiger partial charge in [-0.15, -0.1) is 11.6 Å². The highest BCUT2D eigenvalue weighted by Crippen LogP contribution is 2.60. The Morgan fingerprint density at radius 2 is 2.18 bits per heavy atom. The summed E-state index contributed by atoms with van der Waals surface area (Å²) in [5, 5.41) is 0.778. The molecule has 0 unspecified atom stereocenters. The normalized spacial score (nSPS) is 32.7. The molecule has 33 heavy (non-hydrogen) atoms. The molecule has 6 atom stereocenters. The molecule has 2 aliphatic rings. The number of aromatic nitrogens is 2. The number of carbonyl (C=O) groups excluding carboxylic acids is 1. The second kappa shape index (κ2) is 9.17. The van der Waals surface area contributed by atoms with E-state index in [-0.39, 0.29) is 25.3 Å². The Labute approximate surface area is 197 Å². The van der Waals surface area contributed by atoms with Crippen molar-refractivity contribution in [3.63, 3.8) is 0 Å². The predicted molar refractivity (Wildman–Crippen MR) is 122 cm³/mol. The van der Waals surface area contributed by atoms with Crippen LogP contribution < -0.4 is 5.73 Å². The van der Waals surface area contributed by atoms with E-state index in [1.54, 1.807) is 50.7 Å². The standard InChI is InChI=1S/C21H29ClN3O7P/c1-12(2)30-19(26)13(3)7-10-28-33(27)29-11-16-17(32-33)21(4,22)20(31-16)25-9-6-14-15(23)5-8-24-18(14)25/h5-6,8-9,12-13,16-17,20H,7,10-11H2,1-4H3,(H2,23,24)/t13-,16+,17+,20+,21+,33-/m0/s1. The lowest BCUT2D eigenvalue weighted by atomic mass is 10.0. The molecule has 2 aromatic rings. The van der Waals surface area contributed by atoms with Crippen LogP contribution in [0.15, 0.2) is 24.5 Å². The van der Waals surface area contributed by atoms with Crippen molar-refractivity contribution >= 4 is 42.1 Å². The first-order valence-electron chi connectivity index (χ1n) is 10.9. The zero-order chi connectivity index (χ0) is 24.0. The van der Waals surface area contributed by atoms with Crippen molar-refractivity contribution in [2.75, 3.05) is 18.9 Å². The van der Waals surface area contributed by atoms with Crippen LogP contribution in [0.2, 0.25) is 0 Å². The number of nitrogen functional groups attached to an aromatic ring is 1. The van der Waals surface area contributed by atoms with Crippen LogP contribution in [0.1, 0.15) is 40.3 Å². The van der Waals surface area contributed by atoms with Crippen molar-refractivity contribution in [3.8, 4) is 0 Å². The van der Waals surface area contributed by atoms with Gasteiger partial charge in [-0.2, -0.15) is 0 Å². The number of hydrogen-bond acceptors (Lipinski definition) is 9. The van der Waals surface area contributed by atoms with Crippen LogP contribution in [0.5, 0.6) is 0 Å². The number of nitrogens with two attached hydrogens (primary N) is 1. The van der Waals surface area contributed by atoms with Gasteiger partial charge in [0.25, 0.3) is 0 Å². The smallest absolute Gasteiger partial charge is 0.463 e. The number of esters is 1. The van der Waals surface area contributed by atoms with Gasteiger partial charge < -0.3 is 19.8 Å². The SMILES string of the molecule is CC(C)OC(=O)[C@@H](C)CCO[P@@]1(=O)OC[C@H]2O[C@@H](n3ccc4c(N)ccnc43)[C@](C)(Cl)[C@@H]2O1. The molecule has 4 rings (SSSR count). The highest BCUT2D eigenvalue weighted by molar-refractivity contribution is 7.48. The van der Waals surface area contributed by atoms with Crippen LogP contribution in [0.3, 0.4) is 0 Å². The molecule has 0 aromatic carbocycles. The molecule has 182 valence electrons. The summed E-state index contributed by atoms with van der Waals surface area (Å²) < 4.78 is 42.9. The zero-order valence-electron chi connectivity index (χ0n) is 19.0. The Kier molecular flexibility index (Phi) is 6.79. The molecule has 10 nitrogen and oxygen atoms in total. The summed E-state index contributed by atoms with van der Waals surface area (Å²) >= 11 is 6.92. The lowest BCUT2D eigenvalue weighted by Crippen LogP contribution is -2.44. The molecule has 0 spiro atoms. The van der Waals surface area contributed by atoms with Crippen LogP contribution in [-0.2, 0) is 32.4 Å². The summed E-state index contributed by atoms with van der Waals surface area (Å²) in [6.45, 7) is 7.01. The van der Waals surface area contributed by atoms with Gasteiger partial charge in [-0.25, -0.2) is 9.55 Å². The molecule has 0 amide bonds. The van der Waals surface area contributed by atoms with Crippen LogP contribution >= 0.6 is 19.4 Å². The van der Waals surface area contributed by atoms with Crippen LogP contribution in [0.4, 0.5) is 5.69 Å². The third kappa shape index (κ3) is 4.78. The average molecular weight is 502 g/mol. The van der Waals surface area contributed by atoms with Gasteiger partial charge in [-0.3, -0.25) is 18.4 Å². The summed E-state index contributed by atoms with van der Waals surface area (Å²) in [4.78, 5) is 15.3. The Hall–Kier alpha value is -1.68. The number of anilines is 1. The van der Waals surface area contributed by atoms with Crippen molar-refractivity contribution in [2.24, 2.45) is 5.92 Å². The zero-order valence-corrected chi connectivity index (χ0v) is 20.6. The van der Waals surface area contributed by atoms with Gasteiger partial charge in [-0.1, -0.05) is 6.92 Å². The number of fused-ring (bicyclic) bond motifs is 2. The summed E-state index contributed by atoms with van der Waals surface area (Å²) in [6, 6.07) is 3.56. The Bertz CT molecular complexity index is 1080. The van der Waals surface area contributed by atoms with Crippen molar-refractivity contribution < 1.29 is 32.4 Å². The van der Waals surface area contributed by atoms with Crippen molar-refractivity contribution in [3.05, 3.63) is 24.5 Å². The third-order valence-corrected chi connectivity index (χ3v) is 7.63. The van der Waals surface area contributed by atoms with E-state index in [0.717, 1.165) is 5.39 Å². The Morgan fingerprint density at radius 1 is 1.42 bits per heavy atom. The van der Waals surface area contributed by atoms with Crippen molar-refractivity contribution in [1.82, 2.24) is 9.55 Å². The van der Waals surface area contributed by atoms with E-state index in [4.69, 9.17) is 40.4 Å². The molecule has 2 aliphatic heterocycles. The minimum absolute atomic E-state index is 0.00224.